The highest BCUT2D eigenvalue weighted by atomic mass is 16.5. The van der Waals surface area contributed by atoms with E-state index in [0.717, 1.165) is 24.6 Å². The predicted molar refractivity (Wildman–Crippen MR) is 57.1 cm³/mol. The van der Waals surface area contributed by atoms with Crippen LogP contribution in [0.1, 0.15) is 0 Å². The lowest BCUT2D eigenvalue weighted by molar-refractivity contribution is -0.0398. The molecule has 0 aromatic heterocycles. The molecule has 0 unspecified atom stereocenters. The van der Waals surface area contributed by atoms with E-state index in [1.807, 2.05) is 0 Å². The number of aliphatic hydroxyl groups excluding tert-OH is 4. The fourth-order valence-corrected chi connectivity index (χ4v) is 1.49. The van der Waals surface area contributed by atoms with Crippen LogP contribution in [-0.2, 0) is 0 Å². The van der Waals surface area contributed by atoms with E-state index in [0.29, 0.717) is 10.1 Å². The molecular formula is C10H10N2O6. The molecule has 96 valence electrons. The Morgan fingerprint density at radius 2 is 1.00 bits per heavy atom. The van der Waals surface area contributed by atoms with Crippen LogP contribution in [0.3, 0.4) is 0 Å². The fourth-order valence-electron chi connectivity index (χ4n) is 1.49. The minimum Gasteiger partial charge on any atom is -0.504 e. The number of nitrogens with zero attached hydrogens (tertiary/aromatic N) is 2. The summed E-state index contributed by atoms with van der Waals surface area (Å²) in [6.07, 6.45) is 3.96. The highest BCUT2D eigenvalue weighted by Gasteiger charge is 2.30. The van der Waals surface area contributed by atoms with Crippen molar-refractivity contribution in [3.05, 3.63) is 59.0 Å². The van der Waals surface area contributed by atoms with Gasteiger partial charge < -0.3 is 20.4 Å². The molecule has 18 heavy (non-hydrogen) atoms. The van der Waals surface area contributed by atoms with Crippen molar-refractivity contribution >= 4 is 0 Å². The third-order valence-corrected chi connectivity index (χ3v) is 2.36. The van der Waals surface area contributed by atoms with Crippen molar-refractivity contribution in [1.29, 1.82) is 0 Å². The maximum Gasteiger partial charge on any atom is 0.186 e. The third-order valence-electron chi connectivity index (χ3n) is 2.36. The summed E-state index contributed by atoms with van der Waals surface area (Å²) in [7, 11) is 0. The van der Waals surface area contributed by atoms with Crippen LogP contribution in [0, 0.1) is 0 Å². The van der Waals surface area contributed by atoms with Crippen molar-refractivity contribution in [3.63, 3.8) is 0 Å². The van der Waals surface area contributed by atoms with Crippen LogP contribution < -0.4 is 0 Å². The van der Waals surface area contributed by atoms with Crippen molar-refractivity contribution < 1.29 is 30.8 Å². The standard InChI is InChI=1S/C10H10N2O6/c13-5-1-3-11(17)7(9(5)15)8-10(16)6(14)2-4-12(8)18/h1-4,13-18H. The number of hydrogen-bond donors (Lipinski definition) is 6. The van der Waals surface area contributed by atoms with Gasteiger partial charge in [-0.05, 0) is 0 Å². The van der Waals surface area contributed by atoms with Crippen LogP contribution in [0.4, 0.5) is 0 Å². The molecule has 0 saturated heterocycles. The predicted octanol–water partition coefficient (Wildman–Crippen LogP) is 1.29. The minimum absolute atomic E-state index is 0.371. The van der Waals surface area contributed by atoms with Gasteiger partial charge in [-0.25, -0.2) is 10.1 Å². The Balaban J connectivity index is 2.67. The summed E-state index contributed by atoms with van der Waals surface area (Å²) in [5, 5.41) is 57.7. The number of allylic oxidation sites excluding steroid dienone is 2. The van der Waals surface area contributed by atoms with Gasteiger partial charge in [0.1, 0.15) is 11.4 Å². The first-order valence-electron chi connectivity index (χ1n) is 4.75. The molecular weight excluding hydrogens is 244 g/mol. The van der Waals surface area contributed by atoms with Crippen LogP contribution in [0.2, 0.25) is 0 Å². The lowest BCUT2D eigenvalue weighted by Gasteiger charge is -2.27. The lowest BCUT2D eigenvalue weighted by atomic mass is 10.1. The van der Waals surface area contributed by atoms with Gasteiger partial charge >= 0.3 is 0 Å². The van der Waals surface area contributed by atoms with E-state index in [4.69, 9.17) is 0 Å². The first kappa shape index (κ1) is 11.9. The van der Waals surface area contributed by atoms with Crippen molar-refractivity contribution in [2.75, 3.05) is 0 Å². The quantitative estimate of drug-likeness (QED) is 0.381. The Hall–Kier alpha value is -2.58. The summed E-state index contributed by atoms with van der Waals surface area (Å²) in [6, 6.07) is 0. The molecule has 2 heterocycles. The van der Waals surface area contributed by atoms with E-state index in [2.05, 4.69) is 0 Å². The molecule has 0 saturated carbocycles. The zero-order valence-corrected chi connectivity index (χ0v) is 8.89. The highest BCUT2D eigenvalue weighted by Crippen LogP contribution is 2.31. The van der Waals surface area contributed by atoms with E-state index < -0.39 is 34.4 Å². The molecule has 0 amide bonds. The van der Waals surface area contributed by atoms with Crippen molar-refractivity contribution in [2.24, 2.45) is 0 Å². The molecule has 0 atom stereocenters. The van der Waals surface area contributed by atoms with E-state index in [1.165, 1.54) is 0 Å². The normalized spacial score (nSPS) is 24.3. The Morgan fingerprint density at radius 3 is 1.33 bits per heavy atom. The average molecular weight is 254 g/mol. The molecule has 0 fully saturated rings. The molecule has 6 N–H and O–H groups in total. The zero-order chi connectivity index (χ0) is 13.4. The number of hydroxylamine groups is 4. The SMILES string of the molecule is OC1=C(O)C(=C2C(O)=C(O)C=CN2O)N(O)C=C1. The summed E-state index contributed by atoms with van der Waals surface area (Å²) < 4.78 is 0. The molecule has 0 aromatic carbocycles. The van der Waals surface area contributed by atoms with E-state index >= 15 is 0 Å². The van der Waals surface area contributed by atoms with Gasteiger partial charge in [0, 0.05) is 24.6 Å². The Labute approximate surface area is 101 Å². The number of rotatable bonds is 0. The van der Waals surface area contributed by atoms with Crippen LogP contribution >= 0.6 is 0 Å². The van der Waals surface area contributed by atoms with Crippen LogP contribution in [-0.4, -0.2) is 41.0 Å². The first-order chi connectivity index (χ1) is 8.43. The summed E-state index contributed by atoms with van der Waals surface area (Å²) in [4.78, 5) is 0. The maximum absolute atomic E-state index is 9.62. The Morgan fingerprint density at radius 1 is 0.667 bits per heavy atom. The summed E-state index contributed by atoms with van der Waals surface area (Å²) >= 11 is 0. The van der Waals surface area contributed by atoms with Crippen LogP contribution in [0.25, 0.3) is 0 Å². The van der Waals surface area contributed by atoms with Gasteiger partial charge in [-0.3, -0.25) is 10.4 Å². The Kier molecular flexibility index (Phi) is 2.66. The molecule has 2 aliphatic rings. The second-order valence-corrected chi connectivity index (χ2v) is 3.49. The van der Waals surface area contributed by atoms with Crippen molar-refractivity contribution in [1.82, 2.24) is 10.1 Å². The molecule has 0 bridgehead atoms. The smallest absolute Gasteiger partial charge is 0.186 e. The molecule has 0 aromatic rings. The van der Waals surface area contributed by atoms with Gasteiger partial charge in [-0.1, -0.05) is 0 Å². The summed E-state index contributed by atoms with van der Waals surface area (Å²) in [5.41, 5.74) is -0.989. The second-order valence-electron chi connectivity index (χ2n) is 3.49. The zero-order valence-electron chi connectivity index (χ0n) is 8.89. The number of hydrogen-bond acceptors (Lipinski definition) is 8. The first-order valence-corrected chi connectivity index (χ1v) is 4.75. The second kappa shape index (κ2) is 4.02. The lowest BCUT2D eigenvalue weighted by Crippen LogP contribution is -2.27. The van der Waals surface area contributed by atoms with Crippen LogP contribution in [0.5, 0.6) is 0 Å². The number of aliphatic hydroxyl groups is 4. The molecule has 0 aliphatic carbocycles. The highest BCUT2D eigenvalue weighted by molar-refractivity contribution is 5.46. The molecule has 8 nitrogen and oxygen atoms in total. The van der Waals surface area contributed by atoms with Gasteiger partial charge in [0.05, 0.1) is 0 Å². The molecule has 0 spiro atoms. The largest absolute Gasteiger partial charge is 0.504 e. The minimum atomic E-state index is -0.774. The molecule has 2 aliphatic heterocycles. The van der Waals surface area contributed by atoms with E-state index in [-0.39, 0.29) is 0 Å². The fraction of sp³-hybridized carbons (Fsp3) is 0. The molecule has 2 rings (SSSR count). The van der Waals surface area contributed by atoms with Crippen LogP contribution in [0.15, 0.2) is 59.0 Å². The van der Waals surface area contributed by atoms with E-state index in [9.17, 15) is 30.8 Å². The van der Waals surface area contributed by atoms with Gasteiger partial charge in [-0.15, -0.1) is 0 Å². The van der Waals surface area contributed by atoms with Gasteiger partial charge in [0.25, 0.3) is 0 Å². The monoisotopic (exact) mass is 254 g/mol. The third kappa shape index (κ3) is 1.65. The molecule has 8 heteroatoms. The van der Waals surface area contributed by atoms with Gasteiger partial charge in [0.2, 0.25) is 0 Å². The Bertz CT molecular complexity index is 495. The summed E-state index contributed by atoms with van der Waals surface area (Å²) in [6.45, 7) is 0. The van der Waals surface area contributed by atoms with Gasteiger partial charge in [-0.2, -0.15) is 0 Å². The van der Waals surface area contributed by atoms with E-state index in [1.54, 1.807) is 0 Å². The molecule has 0 radical (unpaired) electrons. The average Bonchev–Trinajstić information content (AvgIpc) is 2.33. The maximum atomic E-state index is 9.62. The van der Waals surface area contributed by atoms with Crippen molar-refractivity contribution in [2.45, 2.75) is 0 Å². The summed E-state index contributed by atoms with van der Waals surface area (Å²) in [5.74, 6) is -2.69. The van der Waals surface area contributed by atoms with Crippen molar-refractivity contribution in [3.8, 4) is 0 Å². The van der Waals surface area contributed by atoms with Gasteiger partial charge in [0.15, 0.2) is 23.0 Å². The topological polar surface area (TPSA) is 128 Å².